The maximum Gasteiger partial charge on any atom is 0.433 e. The van der Waals surface area contributed by atoms with Crippen molar-refractivity contribution in [1.29, 1.82) is 0 Å². The highest BCUT2D eigenvalue weighted by atomic mass is 16.5. The predicted octanol–water partition coefficient (Wildman–Crippen LogP) is 6.91. The number of fused-ring (bicyclic) bond motifs is 2. The molecule has 4 amide bonds. The zero-order valence-electron chi connectivity index (χ0n) is 33.8. The van der Waals surface area contributed by atoms with Gasteiger partial charge in [0.15, 0.2) is 0 Å². The Balaban J connectivity index is 1.04. The molecule has 58 heavy (non-hydrogen) atoms. The number of nitrogens with zero attached hydrogens (tertiary/aromatic N) is 6. The van der Waals surface area contributed by atoms with E-state index in [1.165, 1.54) is 14.2 Å². The minimum Gasteiger partial charge on any atom is -0.453 e. The Hall–Kier alpha value is -6.06. The summed E-state index contributed by atoms with van der Waals surface area (Å²) in [5, 5.41) is 2.74. The van der Waals surface area contributed by atoms with Crippen molar-refractivity contribution >= 4 is 29.7 Å². The summed E-state index contributed by atoms with van der Waals surface area (Å²) >= 11 is 0. The van der Waals surface area contributed by atoms with Crippen LogP contribution >= 0.6 is 0 Å². The second-order valence-corrected chi connectivity index (χ2v) is 15.3. The van der Waals surface area contributed by atoms with Gasteiger partial charge in [0, 0.05) is 48.3 Å². The lowest BCUT2D eigenvalue weighted by atomic mass is 9.97. The molecule has 4 aromatic rings. The fourth-order valence-corrected chi connectivity index (χ4v) is 7.95. The number of methoxy groups -OCH3 is 2. The van der Waals surface area contributed by atoms with Crippen molar-refractivity contribution in [3.8, 4) is 34.1 Å². The van der Waals surface area contributed by atoms with E-state index in [0.29, 0.717) is 49.2 Å². The van der Waals surface area contributed by atoms with Gasteiger partial charge in [-0.3, -0.25) is 9.59 Å². The Bertz CT molecular complexity index is 2210. The van der Waals surface area contributed by atoms with E-state index in [-0.39, 0.29) is 41.4 Å². The molecular formula is C42H51N9O7. The summed E-state index contributed by atoms with van der Waals surface area (Å²) < 4.78 is 15.9. The monoisotopic (exact) mass is 793 g/mol. The number of aliphatic imine (C=N–C) groups is 1. The third kappa shape index (κ3) is 8.04. The summed E-state index contributed by atoms with van der Waals surface area (Å²) in [6.45, 7) is 8.88. The zero-order chi connectivity index (χ0) is 41.1. The molecule has 16 heteroatoms. The number of aromatic amines is 2. The SMILES string of the molecule is CC[C@H](C)/C(=N\C(=O)OC)C(=O)N1CCC[C@H]1c1ncc(-c2cnc3c(c2)Cc2ccc(-c4cnc([C@@H]5CCCN5C(=O)C(NC(=O)OC)[C@@H](C)CC)[nH]4)cc2O3)[nH]1. The highest BCUT2D eigenvalue weighted by Gasteiger charge is 2.39. The van der Waals surface area contributed by atoms with Gasteiger partial charge in [0.25, 0.3) is 5.91 Å². The molecule has 2 saturated heterocycles. The first-order chi connectivity index (χ1) is 28.0. The topological polar surface area (TPSA) is 197 Å². The number of benzene rings is 1. The van der Waals surface area contributed by atoms with Crippen molar-refractivity contribution in [3.05, 3.63) is 65.6 Å². The van der Waals surface area contributed by atoms with E-state index in [2.05, 4.69) is 30.2 Å². The minimum atomic E-state index is -0.788. The molecule has 2 fully saturated rings. The number of pyridine rings is 1. The molecule has 16 nitrogen and oxygen atoms in total. The van der Waals surface area contributed by atoms with Crippen LogP contribution in [0.4, 0.5) is 9.59 Å². The smallest absolute Gasteiger partial charge is 0.433 e. The maximum absolute atomic E-state index is 13.8. The molecule has 0 radical (unpaired) electrons. The number of likely N-dealkylation sites (tertiary alicyclic amines) is 2. The largest absolute Gasteiger partial charge is 0.453 e. The lowest BCUT2D eigenvalue weighted by Gasteiger charge is -2.30. The standard InChI is InChI=1S/C42H51N9O7/c1-7-23(3)34(48-41(54)56-5)39(52)50-15-9-11-31(50)36-43-21-29(46-36)25-13-14-26-17-27-18-28(20-45-38(27)58-33(26)19-25)30-22-44-37(47-30)32-12-10-16-51(32)40(53)35(24(4)8-2)49-42(55)57-6/h13-14,18-24,31-32,34H,7-12,15-17H2,1-6H3,(H,43,46)(H,44,47)(H,48,54)/b49-35+/t23-,24-,31-,32-,34?/m0/s1. The van der Waals surface area contributed by atoms with Crippen LogP contribution in [-0.4, -0.2) is 97.8 Å². The Labute approximate surface area is 337 Å². The number of aromatic nitrogens is 5. The summed E-state index contributed by atoms with van der Waals surface area (Å²) in [5.74, 6) is 1.87. The fraction of sp³-hybridized carbons (Fsp3) is 0.476. The first kappa shape index (κ1) is 40.1. The molecule has 3 aromatic heterocycles. The summed E-state index contributed by atoms with van der Waals surface area (Å²) in [4.78, 5) is 80.0. The van der Waals surface area contributed by atoms with Gasteiger partial charge in [0.1, 0.15) is 29.2 Å². The number of H-pyrrole nitrogens is 2. The summed E-state index contributed by atoms with van der Waals surface area (Å²) in [6, 6.07) is 6.86. The van der Waals surface area contributed by atoms with Crippen LogP contribution in [0.2, 0.25) is 0 Å². The molecule has 1 unspecified atom stereocenters. The van der Waals surface area contributed by atoms with E-state index in [0.717, 1.165) is 65.7 Å². The van der Waals surface area contributed by atoms with E-state index in [9.17, 15) is 19.2 Å². The fourth-order valence-electron chi connectivity index (χ4n) is 7.95. The van der Waals surface area contributed by atoms with Crippen LogP contribution in [0.5, 0.6) is 11.6 Å². The van der Waals surface area contributed by atoms with Crippen molar-refractivity contribution < 1.29 is 33.4 Å². The Morgan fingerprint density at radius 1 is 0.862 bits per heavy atom. The first-order valence-electron chi connectivity index (χ1n) is 20.1. The molecule has 0 bridgehead atoms. The molecular weight excluding hydrogens is 743 g/mol. The molecule has 5 atom stereocenters. The Morgan fingerprint density at radius 3 is 2.19 bits per heavy atom. The number of ether oxygens (including phenoxy) is 3. The number of amides is 4. The summed E-state index contributed by atoms with van der Waals surface area (Å²) in [5.41, 5.74) is 5.42. The lowest BCUT2D eigenvalue weighted by Crippen LogP contribution is -2.51. The van der Waals surface area contributed by atoms with Crippen LogP contribution in [0.1, 0.15) is 101 Å². The van der Waals surface area contributed by atoms with Crippen molar-refractivity contribution in [2.75, 3.05) is 27.3 Å². The maximum atomic E-state index is 13.8. The molecule has 0 saturated carbocycles. The number of nitrogens with one attached hydrogen (secondary N) is 3. The van der Waals surface area contributed by atoms with Gasteiger partial charge in [-0.25, -0.2) is 24.5 Å². The number of alkyl carbamates (subject to hydrolysis) is 1. The second-order valence-electron chi connectivity index (χ2n) is 15.3. The van der Waals surface area contributed by atoms with Gasteiger partial charge in [-0.05, 0) is 55.7 Å². The van der Waals surface area contributed by atoms with Crippen LogP contribution in [0.15, 0.2) is 47.8 Å². The molecule has 6 heterocycles. The molecule has 3 aliphatic rings. The minimum absolute atomic E-state index is 0.0716. The van der Waals surface area contributed by atoms with Gasteiger partial charge >= 0.3 is 12.2 Å². The summed E-state index contributed by atoms with van der Waals surface area (Å²) in [6.07, 6.45) is 8.96. The third-order valence-corrected chi connectivity index (χ3v) is 11.7. The number of imidazole rings is 2. The van der Waals surface area contributed by atoms with Gasteiger partial charge in [-0.2, -0.15) is 4.99 Å². The van der Waals surface area contributed by atoms with Crippen molar-refractivity contribution in [1.82, 2.24) is 40.0 Å². The molecule has 0 aliphatic carbocycles. The molecule has 3 aliphatic heterocycles. The van der Waals surface area contributed by atoms with Crippen LogP contribution in [0, 0.1) is 11.8 Å². The van der Waals surface area contributed by atoms with Crippen LogP contribution < -0.4 is 10.1 Å². The molecule has 1 aromatic carbocycles. The van der Waals surface area contributed by atoms with Crippen molar-refractivity contribution in [2.24, 2.45) is 16.8 Å². The van der Waals surface area contributed by atoms with Gasteiger partial charge in [-0.1, -0.05) is 46.2 Å². The van der Waals surface area contributed by atoms with Crippen molar-refractivity contribution in [2.45, 2.75) is 90.8 Å². The van der Waals surface area contributed by atoms with E-state index in [1.54, 1.807) is 23.5 Å². The molecule has 7 rings (SSSR count). The Morgan fingerprint density at radius 2 is 1.53 bits per heavy atom. The van der Waals surface area contributed by atoms with Gasteiger partial charge in [-0.15, -0.1) is 0 Å². The van der Waals surface area contributed by atoms with Crippen LogP contribution in [0.3, 0.4) is 0 Å². The highest BCUT2D eigenvalue weighted by molar-refractivity contribution is 6.40. The molecule has 306 valence electrons. The average molecular weight is 794 g/mol. The first-order valence-corrected chi connectivity index (χ1v) is 20.1. The normalized spacial score (nSPS) is 19.1. The number of carbonyl (C=O) groups excluding carboxylic acids is 4. The van der Waals surface area contributed by atoms with Crippen molar-refractivity contribution in [3.63, 3.8) is 0 Å². The van der Waals surface area contributed by atoms with Crippen LogP contribution in [0.25, 0.3) is 22.5 Å². The van der Waals surface area contributed by atoms with E-state index < -0.39 is 18.2 Å². The quantitative estimate of drug-likeness (QED) is 0.118. The number of hydrogen-bond acceptors (Lipinski definition) is 10. The zero-order valence-corrected chi connectivity index (χ0v) is 33.8. The number of hydrogen-bond donors (Lipinski definition) is 3. The predicted molar refractivity (Wildman–Crippen MR) is 214 cm³/mol. The van der Waals surface area contributed by atoms with Gasteiger partial charge < -0.3 is 39.3 Å². The second kappa shape index (κ2) is 17.2. The van der Waals surface area contributed by atoms with E-state index >= 15 is 0 Å². The van der Waals surface area contributed by atoms with E-state index in [4.69, 9.17) is 19.2 Å². The molecule has 3 N–H and O–H groups in total. The highest BCUT2D eigenvalue weighted by Crippen LogP contribution is 2.40. The Kier molecular flexibility index (Phi) is 11.9. The number of rotatable bonds is 11. The van der Waals surface area contributed by atoms with Gasteiger partial charge in [0.2, 0.25) is 11.8 Å². The average Bonchev–Trinajstić information content (AvgIpc) is 4.09. The van der Waals surface area contributed by atoms with Crippen LogP contribution in [-0.2, 0) is 25.5 Å². The number of carbonyl (C=O) groups is 4. The van der Waals surface area contributed by atoms with E-state index in [1.807, 2.05) is 56.9 Å². The van der Waals surface area contributed by atoms with Gasteiger partial charge in [0.05, 0.1) is 50.1 Å². The molecule has 0 spiro atoms. The summed E-state index contributed by atoms with van der Waals surface area (Å²) in [7, 11) is 2.54. The third-order valence-electron chi connectivity index (χ3n) is 11.7. The lowest BCUT2D eigenvalue weighted by molar-refractivity contribution is -0.135.